The van der Waals surface area contributed by atoms with Crippen molar-refractivity contribution in [2.75, 3.05) is 0 Å². The van der Waals surface area contributed by atoms with Crippen LogP contribution >= 0.6 is 15.9 Å². The molecule has 0 saturated carbocycles. The van der Waals surface area contributed by atoms with Gasteiger partial charge in [0.05, 0.1) is 6.20 Å². The quantitative estimate of drug-likeness (QED) is 0.917. The molecule has 0 bridgehead atoms. The summed E-state index contributed by atoms with van der Waals surface area (Å²) in [5.41, 5.74) is 0.878. The lowest BCUT2D eigenvalue weighted by Gasteiger charge is -2.00. The fourth-order valence-corrected chi connectivity index (χ4v) is 1.63. The number of imidazole rings is 1. The summed E-state index contributed by atoms with van der Waals surface area (Å²) >= 11 is 3.33. The molecule has 0 aromatic carbocycles. The number of fused-ring (bicyclic) bond motifs is 1. The van der Waals surface area contributed by atoms with Crippen molar-refractivity contribution in [2.24, 2.45) is 0 Å². The second kappa shape index (κ2) is 3.98. The minimum atomic E-state index is -0.806. The van der Waals surface area contributed by atoms with Crippen molar-refractivity contribution in [2.45, 2.75) is 12.8 Å². The van der Waals surface area contributed by atoms with Crippen LogP contribution in [0.1, 0.15) is 12.0 Å². The van der Waals surface area contributed by atoms with E-state index in [4.69, 9.17) is 5.11 Å². The van der Waals surface area contributed by atoms with Gasteiger partial charge in [-0.2, -0.15) is 0 Å². The van der Waals surface area contributed by atoms with E-state index in [2.05, 4.69) is 25.9 Å². The number of aromatic nitrogens is 3. The maximum absolute atomic E-state index is 10.4. The number of rotatable bonds is 3. The Morgan fingerprint density at radius 1 is 1.47 bits per heavy atom. The number of aryl methyl sites for hydroxylation is 1. The van der Waals surface area contributed by atoms with Crippen LogP contribution in [0, 0.1) is 0 Å². The molecule has 0 aliphatic carbocycles. The van der Waals surface area contributed by atoms with Gasteiger partial charge >= 0.3 is 5.97 Å². The highest BCUT2D eigenvalue weighted by Crippen LogP contribution is 2.12. The van der Waals surface area contributed by atoms with Crippen LogP contribution in [-0.4, -0.2) is 25.4 Å². The molecule has 0 amide bonds. The monoisotopic (exact) mass is 269 g/mol. The van der Waals surface area contributed by atoms with Crippen molar-refractivity contribution in [3.8, 4) is 0 Å². The predicted octanol–water partition coefficient (Wildman–Crippen LogP) is 1.51. The van der Waals surface area contributed by atoms with E-state index in [1.165, 1.54) is 0 Å². The molecule has 2 rings (SSSR count). The van der Waals surface area contributed by atoms with E-state index in [0.29, 0.717) is 12.2 Å². The van der Waals surface area contributed by atoms with Crippen LogP contribution in [0.15, 0.2) is 23.2 Å². The Bertz CT molecular complexity index is 509. The summed E-state index contributed by atoms with van der Waals surface area (Å²) in [6.45, 7) is 0. The molecule has 0 radical (unpaired) electrons. The molecule has 0 fully saturated rings. The van der Waals surface area contributed by atoms with Crippen molar-refractivity contribution in [3.63, 3.8) is 0 Å². The van der Waals surface area contributed by atoms with Crippen LogP contribution in [0.5, 0.6) is 0 Å². The third kappa shape index (κ3) is 2.15. The maximum atomic E-state index is 10.4. The van der Waals surface area contributed by atoms with Crippen molar-refractivity contribution in [3.05, 3.63) is 28.8 Å². The largest absolute Gasteiger partial charge is 0.481 e. The van der Waals surface area contributed by atoms with E-state index in [0.717, 1.165) is 10.2 Å². The fourth-order valence-electron chi connectivity index (χ4n) is 1.27. The lowest BCUT2D eigenvalue weighted by molar-refractivity contribution is -0.136. The number of carboxylic acid groups (broad SMARTS) is 1. The Kier molecular flexibility index (Phi) is 2.68. The van der Waals surface area contributed by atoms with Gasteiger partial charge in [-0.3, -0.25) is 9.20 Å². The van der Waals surface area contributed by atoms with Crippen molar-refractivity contribution < 1.29 is 9.90 Å². The average molecular weight is 270 g/mol. The summed E-state index contributed by atoms with van der Waals surface area (Å²) < 4.78 is 2.58. The number of nitrogens with zero attached hydrogens (tertiary/aromatic N) is 3. The molecule has 78 valence electrons. The molecule has 0 aliphatic heterocycles. The molecule has 2 aromatic heterocycles. The zero-order valence-corrected chi connectivity index (χ0v) is 9.31. The Balaban J connectivity index is 2.29. The SMILES string of the molecule is O=C(O)CCc1cnc2ncc(Br)n2c1. The molecule has 6 heteroatoms. The molecule has 5 nitrogen and oxygen atoms in total. The predicted molar refractivity (Wildman–Crippen MR) is 56.6 cm³/mol. The Morgan fingerprint density at radius 2 is 2.20 bits per heavy atom. The first kappa shape index (κ1) is 10.1. The van der Waals surface area contributed by atoms with Gasteiger partial charge in [-0.25, -0.2) is 9.97 Å². The fraction of sp³-hybridized carbons (Fsp3) is 0.222. The molecule has 0 spiro atoms. The van der Waals surface area contributed by atoms with Gasteiger partial charge in [0.1, 0.15) is 4.60 Å². The Morgan fingerprint density at radius 3 is 2.93 bits per heavy atom. The summed E-state index contributed by atoms with van der Waals surface area (Å²) in [4.78, 5) is 18.6. The highest BCUT2D eigenvalue weighted by Gasteiger charge is 2.04. The second-order valence-electron chi connectivity index (χ2n) is 3.11. The summed E-state index contributed by atoms with van der Waals surface area (Å²) in [6.07, 6.45) is 5.73. The minimum Gasteiger partial charge on any atom is -0.481 e. The van der Waals surface area contributed by atoms with Crippen LogP contribution in [0.3, 0.4) is 0 Å². The number of carbonyl (C=O) groups is 1. The van der Waals surface area contributed by atoms with Crippen LogP contribution in [0.2, 0.25) is 0 Å². The summed E-state index contributed by atoms with van der Waals surface area (Å²) in [6, 6.07) is 0. The molecule has 0 atom stereocenters. The maximum Gasteiger partial charge on any atom is 0.303 e. The van der Waals surface area contributed by atoms with E-state index in [9.17, 15) is 4.79 Å². The van der Waals surface area contributed by atoms with Gasteiger partial charge in [0.25, 0.3) is 0 Å². The highest BCUT2D eigenvalue weighted by molar-refractivity contribution is 9.10. The summed E-state index contributed by atoms with van der Waals surface area (Å²) in [5, 5.41) is 8.55. The second-order valence-corrected chi connectivity index (χ2v) is 3.92. The van der Waals surface area contributed by atoms with Crippen molar-refractivity contribution >= 4 is 27.7 Å². The normalized spacial score (nSPS) is 10.7. The third-order valence-electron chi connectivity index (χ3n) is 2.00. The third-order valence-corrected chi connectivity index (χ3v) is 2.59. The number of halogens is 1. The van der Waals surface area contributed by atoms with Gasteiger partial charge in [0, 0.05) is 18.8 Å². The molecule has 2 heterocycles. The van der Waals surface area contributed by atoms with Gasteiger partial charge < -0.3 is 5.11 Å². The van der Waals surface area contributed by atoms with Crippen LogP contribution in [-0.2, 0) is 11.2 Å². The Labute approximate surface area is 93.9 Å². The number of aliphatic carboxylic acids is 1. The molecule has 2 aromatic rings. The van der Waals surface area contributed by atoms with Crippen molar-refractivity contribution in [1.29, 1.82) is 0 Å². The van der Waals surface area contributed by atoms with Gasteiger partial charge in [0.15, 0.2) is 0 Å². The van der Waals surface area contributed by atoms with Gasteiger partial charge in [-0.05, 0) is 27.9 Å². The number of hydrogen-bond donors (Lipinski definition) is 1. The van der Waals surface area contributed by atoms with Crippen LogP contribution < -0.4 is 0 Å². The molecule has 1 N–H and O–H groups in total. The minimum absolute atomic E-state index is 0.111. The molecular formula is C9H8BrN3O2. The van der Waals surface area contributed by atoms with Crippen molar-refractivity contribution in [1.82, 2.24) is 14.4 Å². The molecular weight excluding hydrogens is 262 g/mol. The van der Waals surface area contributed by atoms with E-state index in [1.807, 2.05) is 6.20 Å². The smallest absolute Gasteiger partial charge is 0.303 e. The topological polar surface area (TPSA) is 67.5 Å². The standard InChI is InChI=1S/C9H8BrN3O2/c10-7-4-12-9-11-3-6(5-13(7)9)1-2-8(14)15/h3-5H,1-2H2,(H,14,15). The zero-order chi connectivity index (χ0) is 10.8. The lowest BCUT2D eigenvalue weighted by atomic mass is 10.2. The van der Waals surface area contributed by atoms with E-state index < -0.39 is 5.97 Å². The Hall–Kier alpha value is -1.43. The van der Waals surface area contributed by atoms with E-state index >= 15 is 0 Å². The van der Waals surface area contributed by atoms with Gasteiger partial charge in [-0.1, -0.05) is 0 Å². The first-order valence-electron chi connectivity index (χ1n) is 4.36. The molecule has 0 aliphatic rings. The molecule has 0 unspecified atom stereocenters. The highest BCUT2D eigenvalue weighted by atomic mass is 79.9. The van der Waals surface area contributed by atoms with Gasteiger partial charge in [-0.15, -0.1) is 0 Å². The van der Waals surface area contributed by atoms with Crippen LogP contribution in [0.25, 0.3) is 5.78 Å². The van der Waals surface area contributed by atoms with E-state index in [-0.39, 0.29) is 6.42 Å². The summed E-state index contributed by atoms with van der Waals surface area (Å²) in [7, 11) is 0. The first-order valence-corrected chi connectivity index (χ1v) is 5.15. The molecule has 15 heavy (non-hydrogen) atoms. The summed E-state index contributed by atoms with van der Waals surface area (Å²) in [5.74, 6) is -0.208. The number of hydrogen-bond acceptors (Lipinski definition) is 3. The van der Waals surface area contributed by atoms with E-state index in [1.54, 1.807) is 16.8 Å². The first-order chi connectivity index (χ1) is 7.16. The van der Waals surface area contributed by atoms with Crippen LogP contribution in [0.4, 0.5) is 0 Å². The lowest BCUT2D eigenvalue weighted by Crippen LogP contribution is -1.99. The average Bonchev–Trinajstić information content (AvgIpc) is 2.57. The molecule has 0 saturated heterocycles. The number of carboxylic acids is 1. The van der Waals surface area contributed by atoms with Gasteiger partial charge in [0.2, 0.25) is 5.78 Å². The zero-order valence-electron chi connectivity index (χ0n) is 7.72.